The summed E-state index contributed by atoms with van der Waals surface area (Å²) in [6.45, 7) is 11.6. The minimum Gasteiger partial charge on any atom is -0.353 e. The van der Waals surface area contributed by atoms with E-state index in [4.69, 9.17) is 9.97 Å². The summed E-state index contributed by atoms with van der Waals surface area (Å²) in [5.41, 5.74) is 2.68. The molecule has 0 spiro atoms. The maximum Gasteiger partial charge on any atom is 0.224 e. The molecule has 2 amide bonds. The summed E-state index contributed by atoms with van der Waals surface area (Å²) >= 11 is 0. The maximum atomic E-state index is 12.5. The monoisotopic (exact) mass is 372 g/mol. The zero-order valence-electron chi connectivity index (χ0n) is 17.3. The minimum atomic E-state index is 0.00152. The summed E-state index contributed by atoms with van der Waals surface area (Å²) in [4.78, 5) is 36.0. The van der Waals surface area contributed by atoms with E-state index in [1.54, 1.807) is 0 Å². The van der Waals surface area contributed by atoms with Crippen LogP contribution in [-0.4, -0.2) is 45.8 Å². The Labute approximate surface area is 162 Å². The Bertz CT molecular complexity index is 711. The summed E-state index contributed by atoms with van der Waals surface area (Å²) in [7, 11) is 0. The summed E-state index contributed by atoms with van der Waals surface area (Å²) in [6, 6.07) is 0.369. The molecule has 1 atom stereocenters. The predicted octanol–water partition coefficient (Wildman–Crippen LogP) is 2.67. The largest absolute Gasteiger partial charge is 0.353 e. The van der Waals surface area contributed by atoms with Crippen molar-refractivity contribution in [2.45, 2.75) is 78.7 Å². The molecule has 0 radical (unpaired) electrons. The molecule has 2 aliphatic rings. The Kier molecular flexibility index (Phi) is 5.54. The third-order valence-electron chi connectivity index (χ3n) is 5.31. The second kappa shape index (κ2) is 7.56. The molecule has 0 bridgehead atoms. The van der Waals surface area contributed by atoms with Gasteiger partial charge >= 0.3 is 0 Å². The van der Waals surface area contributed by atoms with Gasteiger partial charge < -0.3 is 10.2 Å². The van der Waals surface area contributed by atoms with E-state index in [1.807, 2.05) is 18.7 Å². The zero-order valence-corrected chi connectivity index (χ0v) is 17.3. The summed E-state index contributed by atoms with van der Waals surface area (Å²) in [5, 5.41) is 3.02. The van der Waals surface area contributed by atoms with Gasteiger partial charge in [0, 0.05) is 48.4 Å². The number of nitrogens with one attached hydrogen (secondary N) is 1. The number of rotatable bonds is 5. The molecule has 6 nitrogen and oxygen atoms in total. The van der Waals surface area contributed by atoms with Crippen LogP contribution in [0.1, 0.15) is 75.1 Å². The van der Waals surface area contributed by atoms with Gasteiger partial charge in [0.1, 0.15) is 5.82 Å². The SMILES string of the molecule is Cc1nc([C@@H]2CCN(C(=O)CC(C)(C)C)C2)nc(C)c1CC(=O)NC1CC1. The second-order valence-electron chi connectivity index (χ2n) is 9.31. The molecule has 1 aromatic rings. The lowest BCUT2D eigenvalue weighted by Crippen LogP contribution is -2.31. The number of carbonyl (C=O) groups is 2. The van der Waals surface area contributed by atoms with E-state index in [0.29, 0.717) is 25.4 Å². The Morgan fingerprint density at radius 3 is 2.30 bits per heavy atom. The van der Waals surface area contributed by atoms with Crippen molar-refractivity contribution >= 4 is 11.8 Å². The molecule has 6 heteroatoms. The van der Waals surface area contributed by atoms with Crippen LogP contribution in [0.2, 0.25) is 0 Å². The lowest BCUT2D eigenvalue weighted by atomic mass is 9.92. The van der Waals surface area contributed by atoms with Gasteiger partial charge in [0.25, 0.3) is 0 Å². The second-order valence-corrected chi connectivity index (χ2v) is 9.31. The van der Waals surface area contributed by atoms with Gasteiger partial charge in [0.15, 0.2) is 0 Å². The van der Waals surface area contributed by atoms with Crippen molar-refractivity contribution in [3.8, 4) is 0 Å². The van der Waals surface area contributed by atoms with Crippen molar-refractivity contribution in [3.05, 3.63) is 22.8 Å². The molecule has 1 saturated carbocycles. The lowest BCUT2D eigenvalue weighted by molar-refractivity contribution is -0.132. The third kappa shape index (κ3) is 5.27. The Hall–Kier alpha value is -1.98. The molecular formula is C21H32N4O2. The molecule has 0 unspecified atom stereocenters. The standard InChI is InChI=1S/C21H32N4O2/c1-13-17(10-18(26)24-16-6-7-16)14(2)23-20(22-13)15-8-9-25(12-15)19(27)11-21(3,4)5/h15-16H,6-12H2,1-5H3,(H,24,26)/t15-/m1/s1. The highest BCUT2D eigenvalue weighted by atomic mass is 16.2. The fourth-order valence-corrected chi connectivity index (χ4v) is 3.63. The molecule has 1 aromatic heterocycles. The van der Waals surface area contributed by atoms with Crippen molar-refractivity contribution in [2.75, 3.05) is 13.1 Å². The van der Waals surface area contributed by atoms with E-state index in [1.165, 1.54) is 0 Å². The van der Waals surface area contributed by atoms with Crippen LogP contribution in [0.5, 0.6) is 0 Å². The number of hydrogen-bond donors (Lipinski definition) is 1. The first-order valence-electron chi connectivity index (χ1n) is 10.0. The summed E-state index contributed by atoms with van der Waals surface area (Å²) < 4.78 is 0. The highest BCUT2D eigenvalue weighted by Crippen LogP contribution is 2.29. The van der Waals surface area contributed by atoms with Crippen molar-refractivity contribution in [1.82, 2.24) is 20.2 Å². The van der Waals surface area contributed by atoms with E-state index >= 15 is 0 Å². The maximum absolute atomic E-state index is 12.5. The van der Waals surface area contributed by atoms with E-state index < -0.39 is 0 Å². The quantitative estimate of drug-likeness (QED) is 0.862. The number of nitrogens with zero attached hydrogens (tertiary/aromatic N) is 3. The van der Waals surface area contributed by atoms with E-state index in [2.05, 4.69) is 26.1 Å². The van der Waals surface area contributed by atoms with E-state index in [0.717, 1.165) is 48.6 Å². The van der Waals surface area contributed by atoms with Gasteiger partial charge in [-0.3, -0.25) is 9.59 Å². The zero-order chi connectivity index (χ0) is 19.8. The fraction of sp³-hybridized carbons (Fsp3) is 0.714. The molecule has 1 aliphatic carbocycles. The van der Waals surface area contributed by atoms with E-state index in [-0.39, 0.29) is 23.1 Å². The molecule has 2 heterocycles. The van der Waals surface area contributed by atoms with Crippen molar-refractivity contribution in [2.24, 2.45) is 5.41 Å². The van der Waals surface area contributed by atoms with Gasteiger partial charge in [0.2, 0.25) is 11.8 Å². The first-order valence-corrected chi connectivity index (χ1v) is 10.0. The van der Waals surface area contributed by atoms with Gasteiger partial charge in [-0.25, -0.2) is 9.97 Å². The molecule has 2 fully saturated rings. The van der Waals surface area contributed by atoms with Crippen LogP contribution < -0.4 is 5.32 Å². The number of aromatic nitrogens is 2. The average molecular weight is 373 g/mol. The van der Waals surface area contributed by atoms with Crippen molar-refractivity contribution in [1.29, 1.82) is 0 Å². The number of amides is 2. The third-order valence-corrected chi connectivity index (χ3v) is 5.31. The molecule has 1 aliphatic heterocycles. The first kappa shape index (κ1) is 19.8. The number of carbonyl (C=O) groups excluding carboxylic acids is 2. The van der Waals surface area contributed by atoms with Crippen LogP contribution >= 0.6 is 0 Å². The van der Waals surface area contributed by atoms with Crippen molar-refractivity contribution < 1.29 is 9.59 Å². The number of aryl methyl sites for hydroxylation is 2. The minimum absolute atomic E-state index is 0.00152. The van der Waals surface area contributed by atoms with Gasteiger partial charge in [-0.05, 0) is 38.5 Å². The Balaban J connectivity index is 1.65. The van der Waals surface area contributed by atoms with Crippen LogP contribution in [0.25, 0.3) is 0 Å². The van der Waals surface area contributed by atoms with Gasteiger partial charge in [-0.15, -0.1) is 0 Å². The van der Waals surface area contributed by atoms with Gasteiger partial charge in [-0.2, -0.15) is 0 Å². The molecule has 1 saturated heterocycles. The molecule has 3 rings (SSSR count). The van der Waals surface area contributed by atoms with Crippen LogP contribution in [0.4, 0.5) is 0 Å². The summed E-state index contributed by atoms with van der Waals surface area (Å²) in [6.07, 6.45) is 3.98. The van der Waals surface area contributed by atoms with Crippen LogP contribution in [0.15, 0.2) is 0 Å². The van der Waals surface area contributed by atoms with Crippen LogP contribution in [0, 0.1) is 19.3 Å². The number of hydrogen-bond acceptors (Lipinski definition) is 4. The normalized spacial score (nSPS) is 20.0. The molecule has 1 N–H and O–H groups in total. The topological polar surface area (TPSA) is 75.2 Å². The number of likely N-dealkylation sites (tertiary alicyclic amines) is 1. The predicted molar refractivity (Wildman–Crippen MR) is 104 cm³/mol. The van der Waals surface area contributed by atoms with Crippen LogP contribution in [0.3, 0.4) is 0 Å². The molecule has 0 aromatic carbocycles. The summed E-state index contributed by atoms with van der Waals surface area (Å²) in [5.74, 6) is 1.26. The highest BCUT2D eigenvalue weighted by molar-refractivity contribution is 5.79. The molecule has 148 valence electrons. The molecule has 27 heavy (non-hydrogen) atoms. The van der Waals surface area contributed by atoms with Gasteiger partial charge in [0.05, 0.1) is 6.42 Å². The van der Waals surface area contributed by atoms with Gasteiger partial charge in [-0.1, -0.05) is 20.8 Å². The van der Waals surface area contributed by atoms with Crippen molar-refractivity contribution in [3.63, 3.8) is 0 Å². The Morgan fingerprint density at radius 1 is 1.11 bits per heavy atom. The highest BCUT2D eigenvalue weighted by Gasteiger charge is 2.31. The molecular weight excluding hydrogens is 340 g/mol. The Morgan fingerprint density at radius 2 is 1.74 bits per heavy atom. The smallest absolute Gasteiger partial charge is 0.224 e. The fourth-order valence-electron chi connectivity index (χ4n) is 3.63. The average Bonchev–Trinajstić information content (AvgIpc) is 3.21. The van der Waals surface area contributed by atoms with E-state index in [9.17, 15) is 9.59 Å². The lowest BCUT2D eigenvalue weighted by Gasteiger charge is -2.23. The van der Waals surface area contributed by atoms with Crippen LogP contribution in [-0.2, 0) is 16.0 Å². The first-order chi connectivity index (χ1) is 12.6.